The molecule has 1 unspecified atom stereocenters. The van der Waals surface area contributed by atoms with Crippen LogP contribution >= 0.6 is 0 Å². The van der Waals surface area contributed by atoms with E-state index in [0.717, 1.165) is 19.4 Å². The van der Waals surface area contributed by atoms with Crippen molar-refractivity contribution in [2.75, 3.05) is 6.54 Å². The van der Waals surface area contributed by atoms with E-state index >= 15 is 0 Å². The average molecular weight is 259 g/mol. The fourth-order valence-corrected chi connectivity index (χ4v) is 2.09. The quantitative estimate of drug-likeness (QED) is 0.776. The van der Waals surface area contributed by atoms with Crippen molar-refractivity contribution >= 4 is 0 Å². The van der Waals surface area contributed by atoms with E-state index in [-0.39, 0.29) is 5.92 Å². The van der Waals surface area contributed by atoms with Crippen molar-refractivity contribution in [3.63, 3.8) is 0 Å². The molecular weight excluding hydrogens is 238 g/mol. The van der Waals surface area contributed by atoms with Gasteiger partial charge in [-0.1, -0.05) is 44.2 Å². The summed E-state index contributed by atoms with van der Waals surface area (Å²) in [6.07, 6.45) is 2.05. The van der Waals surface area contributed by atoms with Gasteiger partial charge in [-0.25, -0.2) is 0 Å². The summed E-state index contributed by atoms with van der Waals surface area (Å²) in [4.78, 5) is 0. The summed E-state index contributed by atoms with van der Waals surface area (Å²) in [5, 5.41) is 11.6. The molecule has 0 bridgehead atoms. The second-order valence-corrected chi connectivity index (χ2v) is 4.58. The van der Waals surface area contributed by atoms with Crippen LogP contribution < -0.4 is 5.32 Å². The van der Waals surface area contributed by atoms with Crippen molar-refractivity contribution in [3.8, 4) is 0 Å². The van der Waals surface area contributed by atoms with Crippen LogP contribution in [0.1, 0.15) is 50.0 Å². The molecule has 0 fully saturated rings. The van der Waals surface area contributed by atoms with Crippen molar-refractivity contribution < 1.29 is 4.42 Å². The third-order valence-corrected chi connectivity index (χ3v) is 3.09. The number of nitrogens with one attached hydrogen (secondary N) is 1. The van der Waals surface area contributed by atoms with Crippen LogP contribution in [0.5, 0.6) is 0 Å². The predicted molar refractivity (Wildman–Crippen MR) is 74.9 cm³/mol. The lowest BCUT2D eigenvalue weighted by atomic mass is 9.97. The molecule has 0 saturated carbocycles. The molecule has 4 heteroatoms. The van der Waals surface area contributed by atoms with Crippen LogP contribution in [0.4, 0.5) is 0 Å². The summed E-state index contributed by atoms with van der Waals surface area (Å²) in [6, 6.07) is 10.3. The van der Waals surface area contributed by atoms with Gasteiger partial charge < -0.3 is 9.73 Å². The molecule has 0 aliphatic heterocycles. The fraction of sp³-hybridized carbons (Fsp3) is 0.467. The van der Waals surface area contributed by atoms with Crippen molar-refractivity contribution in [1.82, 2.24) is 15.5 Å². The van der Waals surface area contributed by atoms with Crippen LogP contribution in [0.15, 0.2) is 34.7 Å². The summed E-state index contributed by atoms with van der Waals surface area (Å²) in [5.74, 6) is 1.56. The van der Waals surface area contributed by atoms with Crippen LogP contribution in [0.3, 0.4) is 0 Å². The molecule has 1 aromatic heterocycles. The zero-order valence-corrected chi connectivity index (χ0v) is 11.6. The lowest BCUT2D eigenvalue weighted by molar-refractivity contribution is 0.415. The molecule has 1 atom stereocenters. The Hall–Kier alpha value is -1.68. The molecular formula is C15H21N3O. The van der Waals surface area contributed by atoms with E-state index in [1.165, 1.54) is 5.56 Å². The Balaban J connectivity index is 2.07. The molecule has 1 heterocycles. The first kappa shape index (κ1) is 13.7. The first-order valence-electron chi connectivity index (χ1n) is 6.93. The van der Waals surface area contributed by atoms with Crippen molar-refractivity contribution in [2.45, 2.75) is 39.2 Å². The van der Waals surface area contributed by atoms with Crippen LogP contribution in [-0.2, 0) is 6.54 Å². The summed E-state index contributed by atoms with van der Waals surface area (Å²) in [6.45, 7) is 5.88. The molecule has 102 valence electrons. The van der Waals surface area contributed by atoms with Gasteiger partial charge in [0.25, 0.3) is 0 Å². The molecule has 4 nitrogen and oxygen atoms in total. The maximum Gasteiger partial charge on any atom is 0.230 e. The average Bonchev–Trinajstić information content (AvgIpc) is 2.90. The third-order valence-electron chi connectivity index (χ3n) is 3.09. The second kappa shape index (κ2) is 7.04. The molecule has 19 heavy (non-hydrogen) atoms. The second-order valence-electron chi connectivity index (χ2n) is 4.58. The van der Waals surface area contributed by atoms with Gasteiger partial charge in [-0.05, 0) is 24.9 Å². The van der Waals surface area contributed by atoms with Gasteiger partial charge >= 0.3 is 0 Å². The number of hydrogen-bond donors (Lipinski definition) is 1. The zero-order chi connectivity index (χ0) is 13.5. The number of hydrogen-bond acceptors (Lipinski definition) is 4. The fourth-order valence-electron chi connectivity index (χ4n) is 2.09. The Morgan fingerprint density at radius 3 is 2.63 bits per heavy atom. The molecule has 2 aromatic rings. The van der Waals surface area contributed by atoms with Crippen LogP contribution in [0.25, 0.3) is 0 Å². The normalized spacial score (nSPS) is 12.5. The summed E-state index contributed by atoms with van der Waals surface area (Å²) < 4.78 is 5.75. The maximum absolute atomic E-state index is 5.75. The summed E-state index contributed by atoms with van der Waals surface area (Å²) >= 11 is 0. The lowest BCUT2D eigenvalue weighted by Crippen LogP contribution is -2.13. The van der Waals surface area contributed by atoms with Gasteiger partial charge in [0.2, 0.25) is 11.8 Å². The Morgan fingerprint density at radius 1 is 1.16 bits per heavy atom. The smallest absolute Gasteiger partial charge is 0.230 e. The number of aromatic nitrogens is 2. The van der Waals surface area contributed by atoms with E-state index in [4.69, 9.17) is 4.42 Å². The maximum atomic E-state index is 5.75. The predicted octanol–water partition coefficient (Wildman–Crippen LogP) is 3.11. The standard InChI is InChI=1S/C15H21N3O/c1-3-10-16-11-14-17-18-15(19-14)13(4-2)12-8-6-5-7-9-12/h5-9,13,16H,3-4,10-11H2,1-2H3. The van der Waals surface area contributed by atoms with Gasteiger partial charge in [0.05, 0.1) is 12.5 Å². The van der Waals surface area contributed by atoms with Crippen molar-refractivity contribution in [3.05, 3.63) is 47.7 Å². The molecule has 0 amide bonds. The van der Waals surface area contributed by atoms with E-state index in [1.807, 2.05) is 18.2 Å². The van der Waals surface area contributed by atoms with Gasteiger partial charge in [0, 0.05) is 0 Å². The van der Waals surface area contributed by atoms with Gasteiger partial charge in [0.1, 0.15) is 0 Å². The molecule has 0 radical (unpaired) electrons. The number of benzene rings is 1. The topological polar surface area (TPSA) is 51.0 Å². The van der Waals surface area contributed by atoms with Crippen molar-refractivity contribution in [2.24, 2.45) is 0 Å². The van der Waals surface area contributed by atoms with Crippen LogP contribution in [0.2, 0.25) is 0 Å². The molecule has 1 N–H and O–H groups in total. The van der Waals surface area contributed by atoms with E-state index in [0.29, 0.717) is 18.3 Å². The van der Waals surface area contributed by atoms with Gasteiger partial charge in [0.15, 0.2) is 0 Å². The minimum Gasteiger partial charge on any atom is -0.423 e. The molecule has 2 rings (SSSR count). The third kappa shape index (κ3) is 3.64. The van der Waals surface area contributed by atoms with E-state index in [2.05, 4.69) is 41.5 Å². The van der Waals surface area contributed by atoms with Gasteiger partial charge in [-0.2, -0.15) is 0 Å². The van der Waals surface area contributed by atoms with Gasteiger partial charge in [-0.15, -0.1) is 10.2 Å². The first-order chi connectivity index (χ1) is 9.35. The molecule has 0 spiro atoms. The Kier molecular flexibility index (Phi) is 5.10. The Morgan fingerprint density at radius 2 is 1.95 bits per heavy atom. The Labute approximate surface area is 114 Å². The zero-order valence-electron chi connectivity index (χ0n) is 11.6. The van der Waals surface area contributed by atoms with Crippen LogP contribution in [-0.4, -0.2) is 16.7 Å². The molecule has 0 aliphatic rings. The van der Waals surface area contributed by atoms with E-state index < -0.39 is 0 Å². The van der Waals surface area contributed by atoms with E-state index in [1.54, 1.807) is 0 Å². The molecule has 1 aromatic carbocycles. The highest BCUT2D eigenvalue weighted by Crippen LogP contribution is 2.26. The monoisotopic (exact) mass is 259 g/mol. The highest BCUT2D eigenvalue weighted by atomic mass is 16.4. The lowest BCUT2D eigenvalue weighted by Gasteiger charge is -2.10. The highest BCUT2D eigenvalue weighted by Gasteiger charge is 2.18. The highest BCUT2D eigenvalue weighted by molar-refractivity contribution is 5.24. The first-order valence-corrected chi connectivity index (χ1v) is 6.93. The van der Waals surface area contributed by atoms with Crippen LogP contribution in [0, 0.1) is 0 Å². The van der Waals surface area contributed by atoms with Crippen molar-refractivity contribution in [1.29, 1.82) is 0 Å². The number of rotatable bonds is 7. The molecule has 0 aliphatic carbocycles. The SMILES string of the molecule is CCCNCc1nnc(C(CC)c2ccccc2)o1. The summed E-state index contributed by atoms with van der Waals surface area (Å²) in [5.41, 5.74) is 1.22. The van der Waals surface area contributed by atoms with Gasteiger partial charge in [-0.3, -0.25) is 0 Å². The number of nitrogens with zero attached hydrogens (tertiary/aromatic N) is 2. The minimum atomic E-state index is 0.189. The Bertz CT molecular complexity index is 481. The summed E-state index contributed by atoms with van der Waals surface area (Å²) in [7, 11) is 0. The van der Waals surface area contributed by atoms with E-state index in [9.17, 15) is 0 Å². The molecule has 0 saturated heterocycles. The largest absolute Gasteiger partial charge is 0.423 e. The minimum absolute atomic E-state index is 0.189.